The summed E-state index contributed by atoms with van der Waals surface area (Å²) in [5.74, 6) is -0.0300. The van der Waals surface area contributed by atoms with E-state index in [-0.39, 0.29) is 35.0 Å². The number of hydrogen-bond donors (Lipinski definition) is 1. The summed E-state index contributed by atoms with van der Waals surface area (Å²) in [5, 5.41) is 2.97. The fraction of sp³-hybridized carbons (Fsp3) is 0.533. The quantitative estimate of drug-likeness (QED) is 0.796. The number of esters is 1. The first-order valence-corrected chi connectivity index (χ1v) is 7.29. The Morgan fingerprint density at radius 1 is 1.32 bits per heavy atom. The van der Waals surface area contributed by atoms with Gasteiger partial charge in [-0.2, -0.15) is 0 Å². The maximum absolute atomic E-state index is 12.4. The third kappa shape index (κ3) is 1.59. The van der Waals surface area contributed by atoms with Gasteiger partial charge >= 0.3 is 5.97 Å². The Bertz CT molecular complexity index is 753. The van der Waals surface area contributed by atoms with E-state index in [9.17, 15) is 14.4 Å². The van der Waals surface area contributed by atoms with E-state index in [0.29, 0.717) is 11.8 Å². The number of ether oxygens (including phenoxy) is 2. The van der Waals surface area contributed by atoms with E-state index in [1.165, 1.54) is 20.4 Å². The summed E-state index contributed by atoms with van der Waals surface area (Å²) in [6.07, 6.45) is 3.53. The van der Waals surface area contributed by atoms with Gasteiger partial charge in [-0.1, -0.05) is 0 Å². The standard InChI is InChI=1S/C15H16N2O5/c1-21-13-11-14(19)16-9-4-6-3-7(6)10(9)17(11)5-8(12(13)18)15(20)22-2/h5-7,9-10H,3-4H2,1-2H3,(H,16,19)/t6-,7-,9-,10+/m1/s1. The smallest absolute Gasteiger partial charge is 0.343 e. The molecule has 7 heteroatoms. The Balaban J connectivity index is 1.97. The molecule has 4 rings (SSSR count). The third-order valence-electron chi connectivity index (χ3n) is 5.04. The summed E-state index contributed by atoms with van der Waals surface area (Å²) >= 11 is 0. The highest BCUT2D eigenvalue weighted by Crippen LogP contribution is 2.58. The number of amides is 1. The molecule has 2 fully saturated rings. The number of methoxy groups -OCH3 is 2. The van der Waals surface area contributed by atoms with Crippen LogP contribution in [0, 0.1) is 11.8 Å². The maximum atomic E-state index is 12.4. The lowest BCUT2D eigenvalue weighted by Gasteiger charge is -2.34. The molecule has 0 unspecified atom stereocenters. The van der Waals surface area contributed by atoms with E-state index in [1.54, 1.807) is 4.57 Å². The molecule has 7 nitrogen and oxygen atoms in total. The number of pyridine rings is 1. The highest BCUT2D eigenvalue weighted by atomic mass is 16.5. The van der Waals surface area contributed by atoms with Gasteiger partial charge in [-0.3, -0.25) is 9.59 Å². The van der Waals surface area contributed by atoms with Crippen molar-refractivity contribution in [3.05, 3.63) is 27.7 Å². The molecule has 2 saturated carbocycles. The van der Waals surface area contributed by atoms with Crippen LogP contribution in [0.4, 0.5) is 0 Å². The summed E-state index contributed by atoms with van der Waals surface area (Å²) < 4.78 is 11.6. The van der Waals surface area contributed by atoms with Gasteiger partial charge < -0.3 is 19.4 Å². The lowest BCUT2D eigenvalue weighted by atomic mass is 10.0. The lowest BCUT2D eigenvalue weighted by Crippen LogP contribution is -2.48. The van der Waals surface area contributed by atoms with Gasteiger partial charge in [0.05, 0.1) is 26.3 Å². The number of nitrogens with zero attached hydrogens (tertiary/aromatic N) is 1. The molecule has 1 aromatic rings. The number of carbonyl (C=O) groups is 2. The van der Waals surface area contributed by atoms with Gasteiger partial charge in [-0.25, -0.2) is 4.79 Å². The van der Waals surface area contributed by atoms with Gasteiger partial charge in [0.25, 0.3) is 5.91 Å². The first-order chi connectivity index (χ1) is 10.6. The number of aromatic nitrogens is 1. The molecule has 0 aromatic carbocycles. The van der Waals surface area contributed by atoms with Crippen LogP contribution < -0.4 is 15.5 Å². The van der Waals surface area contributed by atoms with Crippen LogP contribution in [-0.4, -0.2) is 36.7 Å². The summed E-state index contributed by atoms with van der Waals surface area (Å²) in [7, 11) is 2.55. The first-order valence-electron chi connectivity index (χ1n) is 7.29. The number of hydrogen-bond acceptors (Lipinski definition) is 5. The summed E-state index contributed by atoms with van der Waals surface area (Å²) in [4.78, 5) is 36.6. The van der Waals surface area contributed by atoms with Gasteiger partial charge in [0.1, 0.15) is 5.56 Å². The minimum Gasteiger partial charge on any atom is -0.491 e. The number of rotatable bonds is 2. The van der Waals surface area contributed by atoms with E-state index in [1.807, 2.05) is 0 Å². The first kappa shape index (κ1) is 13.4. The Morgan fingerprint density at radius 3 is 2.77 bits per heavy atom. The molecule has 0 saturated heterocycles. The van der Waals surface area contributed by atoms with Gasteiger partial charge in [0.15, 0.2) is 11.4 Å². The summed E-state index contributed by atoms with van der Waals surface area (Å²) in [6.45, 7) is 0. The molecule has 0 spiro atoms. The van der Waals surface area contributed by atoms with Crippen LogP contribution >= 0.6 is 0 Å². The molecule has 22 heavy (non-hydrogen) atoms. The fourth-order valence-electron chi connectivity index (χ4n) is 4.02. The van der Waals surface area contributed by atoms with Crippen molar-refractivity contribution >= 4 is 11.9 Å². The SMILES string of the molecule is COC(=O)c1cn2c(c(OC)c1=O)C(=O)N[C@@H]1C[C@H]3C[C@H]3[C@@H]12. The molecule has 2 heterocycles. The number of carbonyl (C=O) groups excluding carboxylic acids is 2. The van der Waals surface area contributed by atoms with E-state index in [4.69, 9.17) is 4.74 Å². The average molecular weight is 304 g/mol. The Labute approximate surface area is 126 Å². The highest BCUT2D eigenvalue weighted by molar-refractivity contribution is 5.98. The second-order valence-corrected chi connectivity index (χ2v) is 6.12. The zero-order chi connectivity index (χ0) is 15.6. The van der Waals surface area contributed by atoms with E-state index in [2.05, 4.69) is 10.1 Å². The van der Waals surface area contributed by atoms with Crippen LogP contribution in [0.1, 0.15) is 39.7 Å². The van der Waals surface area contributed by atoms with Crippen LogP contribution in [-0.2, 0) is 4.74 Å². The van der Waals surface area contributed by atoms with Crippen molar-refractivity contribution in [1.29, 1.82) is 0 Å². The van der Waals surface area contributed by atoms with Crippen LogP contribution in [0.5, 0.6) is 5.75 Å². The fourth-order valence-corrected chi connectivity index (χ4v) is 4.02. The molecule has 1 amide bonds. The molecular formula is C15H16N2O5. The van der Waals surface area contributed by atoms with Crippen molar-refractivity contribution in [2.24, 2.45) is 11.8 Å². The van der Waals surface area contributed by atoms with Crippen molar-refractivity contribution in [3.8, 4) is 5.75 Å². The van der Waals surface area contributed by atoms with Crippen LogP contribution in [0.2, 0.25) is 0 Å². The van der Waals surface area contributed by atoms with E-state index in [0.717, 1.165) is 12.8 Å². The molecule has 1 aliphatic heterocycles. The largest absolute Gasteiger partial charge is 0.491 e. The molecule has 2 aliphatic carbocycles. The Morgan fingerprint density at radius 2 is 2.09 bits per heavy atom. The zero-order valence-corrected chi connectivity index (χ0v) is 12.3. The van der Waals surface area contributed by atoms with E-state index >= 15 is 0 Å². The Hall–Kier alpha value is -2.31. The molecule has 1 N–H and O–H groups in total. The lowest BCUT2D eigenvalue weighted by molar-refractivity contribution is 0.0595. The minimum absolute atomic E-state index is 0.0569. The predicted octanol–water partition coefficient (Wildman–Crippen LogP) is 0.336. The van der Waals surface area contributed by atoms with Crippen molar-refractivity contribution < 1.29 is 19.1 Å². The molecule has 0 radical (unpaired) electrons. The van der Waals surface area contributed by atoms with Crippen molar-refractivity contribution in [3.63, 3.8) is 0 Å². The summed E-state index contributed by atoms with van der Waals surface area (Å²) in [6, 6.07) is 0.136. The monoisotopic (exact) mass is 304 g/mol. The van der Waals surface area contributed by atoms with Crippen LogP contribution in [0.15, 0.2) is 11.0 Å². The number of fused-ring (bicyclic) bond motifs is 5. The van der Waals surface area contributed by atoms with Gasteiger partial charge in [0, 0.05) is 6.20 Å². The predicted molar refractivity (Wildman–Crippen MR) is 75.1 cm³/mol. The normalized spacial score (nSPS) is 30.7. The van der Waals surface area contributed by atoms with Crippen molar-refractivity contribution in [1.82, 2.24) is 9.88 Å². The van der Waals surface area contributed by atoms with Gasteiger partial charge in [0.2, 0.25) is 5.43 Å². The second-order valence-electron chi connectivity index (χ2n) is 6.12. The Kier molecular flexibility index (Phi) is 2.64. The summed E-state index contributed by atoms with van der Waals surface area (Å²) in [5.41, 5.74) is -0.505. The number of nitrogens with one attached hydrogen (secondary N) is 1. The van der Waals surface area contributed by atoms with Crippen molar-refractivity contribution in [2.75, 3.05) is 14.2 Å². The van der Waals surface area contributed by atoms with Gasteiger partial charge in [-0.05, 0) is 24.7 Å². The van der Waals surface area contributed by atoms with E-state index < -0.39 is 11.4 Å². The molecule has 1 aromatic heterocycles. The van der Waals surface area contributed by atoms with Crippen LogP contribution in [0.3, 0.4) is 0 Å². The molecule has 3 aliphatic rings. The topological polar surface area (TPSA) is 86.6 Å². The minimum atomic E-state index is -0.716. The second kappa shape index (κ2) is 4.34. The van der Waals surface area contributed by atoms with Crippen molar-refractivity contribution in [2.45, 2.75) is 24.9 Å². The van der Waals surface area contributed by atoms with Crippen LogP contribution in [0.25, 0.3) is 0 Å². The van der Waals surface area contributed by atoms with Gasteiger partial charge in [-0.15, -0.1) is 0 Å². The molecule has 4 atom stereocenters. The molecular weight excluding hydrogens is 288 g/mol. The maximum Gasteiger partial charge on any atom is 0.343 e. The highest BCUT2D eigenvalue weighted by Gasteiger charge is 2.57. The average Bonchev–Trinajstić information content (AvgIpc) is 3.17. The third-order valence-corrected chi connectivity index (χ3v) is 5.04. The zero-order valence-electron chi connectivity index (χ0n) is 12.3. The molecule has 116 valence electrons. The molecule has 0 bridgehead atoms.